The highest BCUT2D eigenvalue weighted by atomic mass is 16.9. The van der Waals surface area contributed by atoms with Gasteiger partial charge in [-0.25, -0.2) is 0 Å². The van der Waals surface area contributed by atoms with E-state index in [0.29, 0.717) is 19.8 Å². The van der Waals surface area contributed by atoms with Gasteiger partial charge in [-0.3, -0.25) is 4.74 Å². The van der Waals surface area contributed by atoms with Gasteiger partial charge in [0.25, 0.3) is 0 Å². The number of hydrogen-bond donors (Lipinski definition) is 0. The van der Waals surface area contributed by atoms with Crippen molar-refractivity contribution in [3.63, 3.8) is 0 Å². The monoisotopic (exact) mass is 596 g/mol. The number of rotatable bonds is 13. The Hall–Kier alpha value is -3.40. The predicted octanol–water partition coefficient (Wildman–Crippen LogP) is 6.75. The molecule has 6 rings (SSSR count). The molecule has 7 heteroatoms. The summed E-state index contributed by atoms with van der Waals surface area (Å²) in [6.07, 6.45) is -3.18. The summed E-state index contributed by atoms with van der Waals surface area (Å²) >= 11 is 0. The summed E-state index contributed by atoms with van der Waals surface area (Å²) in [6.45, 7) is 5.36. The van der Waals surface area contributed by atoms with E-state index in [1.165, 1.54) is 0 Å². The topological polar surface area (TPSA) is 64.6 Å². The molecule has 0 bridgehead atoms. The van der Waals surface area contributed by atoms with Crippen LogP contribution in [0.1, 0.15) is 36.1 Å². The first-order valence-electron chi connectivity index (χ1n) is 15.3. The van der Waals surface area contributed by atoms with E-state index in [1.54, 1.807) is 0 Å². The maximum absolute atomic E-state index is 6.74. The third kappa shape index (κ3) is 7.45. The van der Waals surface area contributed by atoms with E-state index in [0.717, 1.165) is 22.3 Å². The zero-order chi connectivity index (χ0) is 30.2. The Kier molecular flexibility index (Phi) is 10.2. The molecule has 1 unspecified atom stereocenters. The number of ether oxygens (including phenoxy) is 7. The normalized spacial score (nSPS) is 26.5. The molecular formula is C37H40O7. The molecule has 0 aromatic heterocycles. The summed E-state index contributed by atoms with van der Waals surface area (Å²) in [7, 11) is 0. The summed E-state index contributed by atoms with van der Waals surface area (Å²) in [5.41, 5.74) is 3.91. The first kappa shape index (κ1) is 30.6. The Morgan fingerprint density at radius 3 is 1.66 bits per heavy atom. The number of hydrogen-bond acceptors (Lipinski definition) is 7. The quantitative estimate of drug-likeness (QED) is 0.169. The Labute approximate surface area is 259 Å². The molecule has 4 aromatic carbocycles. The minimum Gasteiger partial charge on any atom is -0.374 e. The molecule has 0 radical (unpaired) electrons. The van der Waals surface area contributed by atoms with E-state index in [4.69, 9.17) is 33.2 Å². The lowest BCUT2D eigenvalue weighted by atomic mass is 9.98. The highest BCUT2D eigenvalue weighted by Crippen LogP contribution is 2.45. The molecule has 0 saturated carbocycles. The van der Waals surface area contributed by atoms with E-state index in [-0.39, 0.29) is 12.7 Å². The molecular weight excluding hydrogens is 556 g/mol. The average Bonchev–Trinajstić information content (AvgIpc) is 3.43. The molecule has 2 fully saturated rings. The lowest BCUT2D eigenvalue weighted by molar-refractivity contribution is -0.377. The van der Waals surface area contributed by atoms with Crippen LogP contribution in [0.5, 0.6) is 0 Å². The molecule has 2 aliphatic rings. The minimum absolute atomic E-state index is 0.186. The van der Waals surface area contributed by atoms with E-state index in [1.807, 2.05) is 135 Å². The van der Waals surface area contributed by atoms with Gasteiger partial charge in [0.05, 0.1) is 32.5 Å². The highest BCUT2D eigenvalue weighted by Gasteiger charge is 2.60. The van der Waals surface area contributed by atoms with Crippen LogP contribution in [0.2, 0.25) is 0 Å². The van der Waals surface area contributed by atoms with Crippen LogP contribution in [-0.2, 0) is 59.0 Å². The van der Waals surface area contributed by atoms with E-state index >= 15 is 0 Å². The van der Waals surface area contributed by atoms with Gasteiger partial charge in [0, 0.05) is 5.56 Å². The van der Waals surface area contributed by atoms with Crippen molar-refractivity contribution in [1.82, 2.24) is 0 Å². The highest BCUT2D eigenvalue weighted by molar-refractivity contribution is 5.20. The molecule has 4 aromatic rings. The lowest BCUT2D eigenvalue weighted by Gasteiger charge is -2.42. The van der Waals surface area contributed by atoms with Crippen LogP contribution in [0.25, 0.3) is 0 Å². The van der Waals surface area contributed by atoms with Crippen LogP contribution >= 0.6 is 0 Å². The van der Waals surface area contributed by atoms with Gasteiger partial charge in [-0.1, -0.05) is 121 Å². The van der Waals surface area contributed by atoms with Crippen LogP contribution < -0.4 is 0 Å². The van der Waals surface area contributed by atoms with Crippen molar-refractivity contribution in [1.29, 1.82) is 0 Å². The van der Waals surface area contributed by atoms with Crippen molar-refractivity contribution < 1.29 is 33.2 Å². The van der Waals surface area contributed by atoms with Gasteiger partial charge < -0.3 is 28.4 Å². The summed E-state index contributed by atoms with van der Waals surface area (Å²) in [6, 6.07) is 39.9. The first-order chi connectivity index (χ1) is 21.6. The molecule has 0 aliphatic carbocycles. The molecule has 44 heavy (non-hydrogen) atoms. The second-order valence-electron chi connectivity index (χ2n) is 11.4. The van der Waals surface area contributed by atoms with E-state index in [9.17, 15) is 0 Å². The molecule has 7 nitrogen and oxygen atoms in total. The molecule has 0 amide bonds. The van der Waals surface area contributed by atoms with Gasteiger partial charge in [-0.2, -0.15) is 0 Å². The maximum Gasteiger partial charge on any atom is 0.315 e. The molecule has 0 N–H and O–H groups in total. The third-order valence-electron chi connectivity index (χ3n) is 7.64. The van der Waals surface area contributed by atoms with Crippen LogP contribution in [0, 0.1) is 0 Å². The van der Waals surface area contributed by atoms with E-state index in [2.05, 4.69) is 0 Å². The maximum atomic E-state index is 6.74. The van der Waals surface area contributed by atoms with E-state index < -0.39 is 36.7 Å². The van der Waals surface area contributed by atoms with Crippen molar-refractivity contribution in [3.05, 3.63) is 144 Å². The predicted molar refractivity (Wildman–Crippen MR) is 165 cm³/mol. The van der Waals surface area contributed by atoms with Crippen molar-refractivity contribution in [2.75, 3.05) is 6.61 Å². The smallest absolute Gasteiger partial charge is 0.315 e. The Morgan fingerprint density at radius 2 is 1.11 bits per heavy atom. The standard InChI is InChI=1S/C37H40O7/c1-27(2)42-37(31-21-13-6-14-22-31)43-35-34(40-25-30-19-11-5-12-20-30)33(39-24-29-17-9-4-10-18-29)32(41-36(35)44-37)26-38-23-28-15-7-3-8-16-28/h3-22,27,32-36H,23-26H2,1-2H3/t32-,33-,34+,35+,36+,37?/m1/s1. The fourth-order valence-electron chi connectivity index (χ4n) is 5.60. The summed E-state index contributed by atoms with van der Waals surface area (Å²) in [5, 5.41) is 0. The largest absolute Gasteiger partial charge is 0.374 e. The Bertz CT molecular complexity index is 1400. The van der Waals surface area contributed by atoms with Crippen LogP contribution in [0.3, 0.4) is 0 Å². The first-order valence-corrected chi connectivity index (χ1v) is 15.3. The average molecular weight is 597 g/mol. The summed E-state index contributed by atoms with van der Waals surface area (Å²) in [5.74, 6) is -1.47. The van der Waals surface area contributed by atoms with Crippen LogP contribution in [0.4, 0.5) is 0 Å². The van der Waals surface area contributed by atoms with Crippen molar-refractivity contribution >= 4 is 0 Å². The van der Waals surface area contributed by atoms with Gasteiger partial charge in [0.1, 0.15) is 24.4 Å². The zero-order valence-electron chi connectivity index (χ0n) is 25.2. The Morgan fingerprint density at radius 1 is 0.614 bits per heavy atom. The summed E-state index contributed by atoms with van der Waals surface area (Å²) in [4.78, 5) is 0. The molecule has 2 aliphatic heterocycles. The van der Waals surface area contributed by atoms with Crippen molar-refractivity contribution in [2.45, 2.75) is 76.5 Å². The molecule has 2 saturated heterocycles. The van der Waals surface area contributed by atoms with Gasteiger partial charge in [-0.05, 0) is 30.5 Å². The molecule has 0 spiro atoms. The zero-order valence-corrected chi connectivity index (χ0v) is 25.2. The lowest BCUT2D eigenvalue weighted by Crippen LogP contribution is -2.59. The number of benzene rings is 4. The number of fused-ring (bicyclic) bond motifs is 1. The fourth-order valence-corrected chi connectivity index (χ4v) is 5.60. The molecule has 2 heterocycles. The van der Waals surface area contributed by atoms with Gasteiger partial charge >= 0.3 is 5.97 Å². The van der Waals surface area contributed by atoms with Crippen LogP contribution in [-0.4, -0.2) is 43.4 Å². The Balaban J connectivity index is 1.31. The SMILES string of the molecule is CC(C)OC1(c2ccccc2)O[C@@H]2O[C@H](COCc3ccccc3)[C@@H](OCc3ccccc3)[C@H](OCc3ccccc3)[C@@H]2O1. The van der Waals surface area contributed by atoms with Crippen molar-refractivity contribution in [2.24, 2.45) is 0 Å². The van der Waals surface area contributed by atoms with Crippen LogP contribution in [0.15, 0.2) is 121 Å². The fraction of sp³-hybridized carbons (Fsp3) is 0.351. The molecule has 230 valence electrons. The van der Waals surface area contributed by atoms with Gasteiger partial charge in [0.15, 0.2) is 6.29 Å². The van der Waals surface area contributed by atoms with Gasteiger partial charge in [-0.15, -0.1) is 0 Å². The minimum atomic E-state index is -1.47. The second kappa shape index (κ2) is 14.6. The second-order valence-corrected chi connectivity index (χ2v) is 11.4. The van der Waals surface area contributed by atoms with Gasteiger partial charge in [0.2, 0.25) is 0 Å². The third-order valence-corrected chi connectivity index (χ3v) is 7.64. The van der Waals surface area contributed by atoms with Crippen molar-refractivity contribution in [3.8, 4) is 0 Å². The molecule has 6 atom stereocenters. The summed E-state index contributed by atoms with van der Waals surface area (Å²) < 4.78 is 45.9.